The predicted molar refractivity (Wildman–Crippen MR) is 94.2 cm³/mol. The minimum atomic E-state index is -4.82. The van der Waals surface area contributed by atoms with Crippen molar-refractivity contribution in [2.75, 3.05) is 25.1 Å². The van der Waals surface area contributed by atoms with Gasteiger partial charge in [0.25, 0.3) is 11.5 Å². The number of aromatic amines is 1. The number of aliphatic hydroxyl groups is 1. The van der Waals surface area contributed by atoms with Crippen LogP contribution in [0.4, 0.5) is 19.1 Å². The minimum Gasteiger partial charge on any atom is -0.406 e. The summed E-state index contributed by atoms with van der Waals surface area (Å²) in [5, 5.41) is 12.0. The van der Waals surface area contributed by atoms with Gasteiger partial charge in [0.1, 0.15) is 11.4 Å². The number of carbonyl (C=O) groups is 1. The van der Waals surface area contributed by atoms with Gasteiger partial charge in [0.15, 0.2) is 0 Å². The first-order valence-electron chi connectivity index (χ1n) is 8.23. The fraction of sp³-hybridized carbons (Fsp3) is 0.353. The van der Waals surface area contributed by atoms with Crippen LogP contribution in [0.3, 0.4) is 0 Å². The van der Waals surface area contributed by atoms with Crippen LogP contribution in [0.25, 0.3) is 0 Å². The quantitative estimate of drug-likeness (QED) is 0.652. The van der Waals surface area contributed by atoms with E-state index in [9.17, 15) is 27.9 Å². The van der Waals surface area contributed by atoms with Crippen LogP contribution in [-0.4, -0.2) is 47.5 Å². The average molecular weight is 400 g/mol. The second-order valence-electron chi connectivity index (χ2n) is 5.79. The minimum absolute atomic E-state index is 0.158. The molecule has 0 spiro atoms. The summed E-state index contributed by atoms with van der Waals surface area (Å²) in [6.45, 7) is 1.86. The molecule has 1 aromatic heterocycles. The van der Waals surface area contributed by atoms with E-state index in [4.69, 9.17) is 0 Å². The van der Waals surface area contributed by atoms with Gasteiger partial charge in [0.2, 0.25) is 5.95 Å². The van der Waals surface area contributed by atoms with Crippen molar-refractivity contribution >= 4 is 11.9 Å². The van der Waals surface area contributed by atoms with E-state index in [0.29, 0.717) is 12.1 Å². The molecule has 11 heteroatoms. The number of nitrogens with one attached hydrogen (secondary N) is 2. The maximum atomic E-state index is 12.4. The summed E-state index contributed by atoms with van der Waals surface area (Å²) in [5.74, 6) is -0.941. The molecule has 1 atom stereocenters. The van der Waals surface area contributed by atoms with Crippen molar-refractivity contribution in [3.63, 3.8) is 0 Å². The molecule has 0 bridgehead atoms. The van der Waals surface area contributed by atoms with Crippen LogP contribution < -0.4 is 20.5 Å². The number of alkyl halides is 3. The molecule has 152 valence electrons. The molecule has 1 heterocycles. The Hall–Kier alpha value is -3.08. The number of benzene rings is 1. The third-order valence-corrected chi connectivity index (χ3v) is 3.80. The Bertz CT molecular complexity index is 868. The first-order valence-corrected chi connectivity index (χ1v) is 8.23. The number of amides is 1. The highest BCUT2D eigenvalue weighted by molar-refractivity contribution is 5.92. The van der Waals surface area contributed by atoms with Crippen LogP contribution in [-0.2, 0) is 0 Å². The van der Waals surface area contributed by atoms with Crippen LogP contribution in [0.1, 0.15) is 29.0 Å². The third-order valence-electron chi connectivity index (χ3n) is 3.80. The Morgan fingerprint density at radius 3 is 2.54 bits per heavy atom. The lowest BCUT2D eigenvalue weighted by atomic mass is 10.1. The van der Waals surface area contributed by atoms with E-state index in [1.54, 1.807) is 11.9 Å². The fourth-order valence-electron chi connectivity index (χ4n) is 2.26. The summed E-state index contributed by atoms with van der Waals surface area (Å²) in [5.41, 5.74) is -0.333. The zero-order valence-electron chi connectivity index (χ0n) is 15.1. The number of carbonyl (C=O) groups excluding carboxylic acids is 1. The molecule has 0 aliphatic carbocycles. The van der Waals surface area contributed by atoms with Crippen LogP contribution in [0, 0.1) is 0 Å². The first kappa shape index (κ1) is 21.2. The Labute approximate surface area is 158 Å². The fourth-order valence-corrected chi connectivity index (χ4v) is 2.26. The Balaban J connectivity index is 2.17. The van der Waals surface area contributed by atoms with Gasteiger partial charge in [0, 0.05) is 19.7 Å². The summed E-state index contributed by atoms with van der Waals surface area (Å²) in [6, 6.07) is 4.79. The Morgan fingerprint density at radius 2 is 2.00 bits per heavy atom. The monoisotopic (exact) mass is 400 g/mol. The molecule has 2 rings (SSSR count). The largest absolute Gasteiger partial charge is 0.573 e. The number of anilines is 1. The van der Waals surface area contributed by atoms with Crippen molar-refractivity contribution in [3.8, 4) is 5.75 Å². The van der Waals surface area contributed by atoms with Gasteiger partial charge in [-0.1, -0.05) is 12.1 Å². The van der Waals surface area contributed by atoms with Gasteiger partial charge in [-0.15, -0.1) is 13.2 Å². The molecule has 28 heavy (non-hydrogen) atoms. The third kappa shape index (κ3) is 5.71. The lowest BCUT2D eigenvalue weighted by Gasteiger charge is -2.18. The van der Waals surface area contributed by atoms with E-state index in [1.165, 1.54) is 12.1 Å². The number of ether oxygens (including phenoxy) is 1. The molecular weight excluding hydrogens is 381 g/mol. The summed E-state index contributed by atoms with van der Waals surface area (Å²) >= 11 is 0. The highest BCUT2D eigenvalue weighted by Crippen LogP contribution is 2.24. The molecule has 8 nitrogen and oxygen atoms in total. The van der Waals surface area contributed by atoms with Gasteiger partial charge in [-0.3, -0.25) is 14.6 Å². The summed E-state index contributed by atoms with van der Waals surface area (Å²) in [6.07, 6.45) is -4.82. The van der Waals surface area contributed by atoms with E-state index in [2.05, 4.69) is 20.0 Å². The van der Waals surface area contributed by atoms with Crippen LogP contribution >= 0.6 is 0 Å². The van der Waals surface area contributed by atoms with Gasteiger partial charge < -0.3 is 20.1 Å². The summed E-state index contributed by atoms with van der Waals surface area (Å²) in [4.78, 5) is 32.4. The van der Waals surface area contributed by atoms with Gasteiger partial charge in [-0.25, -0.2) is 4.98 Å². The molecule has 1 amide bonds. The van der Waals surface area contributed by atoms with E-state index in [1.807, 2.05) is 6.92 Å². The zero-order chi connectivity index (χ0) is 20.9. The van der Waals surface area contributed by atoms with Gasteiger partial charge >= 0.3 is 6.36 Å². The molecule has 0 aliphatic heterocycles. The molecule has 0 radical (unpaired) electrons. The molecule has 1 aromatic carbocycles. The van der Waals surface area contributed by atoms with Crippen LogP contribution in [0.5, 0.6) is 5.75 Å². The smallest absolute Gasteiger partial charge is 0.406 e. The van der Waals surface area contributed by atoms with Crippen molar-refractivity contribution in [2.24, 2.45) is 0 Å². The Kier molecular flexibility index (Phi) is 6.62. The number of halogens is 3. The van der Waals surface area contributed by atoms with E-state index in [-0.39, 0.29) is 11.6 Å². The van der Waals surface area contributed by atoms with Crippen molar-refractivity contribution in [3.05, 3.63) is 51.9 Å². The van der Waals surface area contributed by atoms with E-state index < -0.39 is 36.2 Å². The molecule has 0 aliphatic rings. The van der Waals surface area contributed by atoms with Crippen LogP contribution in [0.2, 0.25) is 0 Å². The molecule has 2 aromatic rings. The van der Waals surface area contributed by atoms with E-state index in [0.717, 1.165) is 18.2 Å². The summed E-state index contributed by atoms with van der Waals surface area (Å²) in [7, 11) is 1.68. The number of H-pyrrole nitrogens is 1. The highest BCUT2D eigenvalue weighted by atomic mass is 19.4. The van der Waals surface area contributed by atoms with Crippen molar-refractivity contribution in [1.82, 2.24) is 15.3 Å². The van der Waals surface area contributed by atoms with Gasteiger partial charge in [-0.2, -0.15) is 0 Å². The topological polar surface area (TPSA) is 108 Å². The normalized spacial score (nSPS) is 12.4. The molecule has 0 saturated carbocycles. The van der Waals surface area contributed by atoms with Gasteiger partial charge in [0.05, 0.1) is 12.6 Å². The maximum absolute atomic E-state index is 12.4. The zero-order valence-corrected chi connectivity index (χ0v) is 15.1. The molecular formula is C17H19F3N4O4. The lowest BCUT2D eigenvalue weighted by Crippen LogP contribution is -2.33. The second kappa shape index (κ2) is 8.74. The van der Waals surface area contributed by atoms with Crippen molar-refractivity contribution in [2.45, 2.75) is 19.3 Å². The molecule has 0 fully saturated rings. The number of aromatic nitrogens is 2. The van der Waals surface area contributed by atoms with Gasteiger partial charge in [-0.05, 0) is 24.6 Å². The SMILES string of the molecule is CCN(C)c1nc(C(=O)NC(CO)c2ccc(OC(F)(F)F)cc2)cc(=O)[nH]1. The Morgan fingerprint density at radius 1 is 1.36 bits per heavy atom. The summed E-state index contributed by atoms with van der Waals surface area (Å²) < 4.78 is 40.4. The predicted octanol–water partition coefficient (Wildman–Crippen LogP) is 1.59. The second-order valence-corrected chi connectivity index (χ2v) is 5.79. The van der Waals surface area contributed by atoms with Crippen LogP contribution in [0.15, 0.2) is 35.1 Å². The highest BCUT2D eigenvalue weighted by Gasteiger charge is 2.31. The molecule has 0 saturated heterocycles. The lowest BCUT2D eigenvalue weighted by molar-refractivity contribution is -0.274. The first-order chi connectivity index (χ1) is 13.1. The number of rotatable bonds is 7. The number of aliphatic hydroxyl groups excluding tert-OH is 1. The van der Waals surface area contributed by atoms with Crippen molar-refractivity contribution < 1.29 is 27.8 Å². The molecule has 1 unspecified atom stereocenters. The number of hydrogen-bond donors (Lipinski definition) is 3. The maximum Gasteiger partial charge on any atom is 0.573 e. The standard InChI is InChI=1S/C17H19F3N4O4/c1-3-24(2)16-22-12(8-14(26)23-16)15(27)21-13(9-25)10-4-6-11(7-5-10)28-17(18,19)20/h4-8,13,25H,3,9H2,1-2H3,(H,21,27)(H,22,23,26). The molecule has 3 N–H and O–H groups in total. The van der Waals surface area contributed by atoms with E-state index >= 15 is 0 Å². The van der Waals surface area contributed by atoms with Crippen molar-refractivity contribution in [1.29, 1.82) is 0 Å². The average Bonchev–Trinajstić information content (AvgIpc) is 2.64. The number of nitrogens with zero attached hydrogens (tertiary/aromatic N) is 2. The number of hydrogen-bond acceptors (Lipinski definition) is 6.